The fourth-order valence-corrected chi connectivity index (χ4v) is 10.0. The second-order valence-corrected chi connectivity index (χ2v) is 25.7. The van der Waals surface area contributed by atoms with E-state index < -0.39 is 6.85 Å². The molecule has 0 saturated heterocycles. The zero-order chi connectivity index (χ0) is 56.7. The molecule has 6 heteroatoms. The molecule has 1 N–H and O–H groups in total. The summed E-state index contributed by atoms with van der Waals surface area (Å²) in [5.41, 5.74) is 19.4. The quantitative estimate of drug-likeness (QED) is 0.175. The molecule has 0 aliphatic carbocycles. The van der Waals surface area contributed by atoms with Gasteiger partial charge in [-0.3, -0.25) is 9.55 Å². The smallest absolute Gasteiger partial charge is 0.115 e. The summed E-state index contributed by atoms with van der Waals surface area (Å²) in [5.74, 6) is 0.944. The zero-order valence-corrected chi connectivity index (χ0v) is 49.8. The third-order valence-corrected chi connectivity index (χ3v) is 14.6. The summed E-state index contributed by atoms with van der Waals surface area (Å²) in [6.45, 7) is 34.5. The Morgan fingerprint density at radius 1 is 0.487 bits per heavy atom. The van der Waals surface area contributed by atoms with Gasteiger partial charge in [0.25, 0.3) is 0 Å². The van der Waals surface area contributed by atoms with Crippen molar-refractivity contribution < 1.29 is 30.3 Å². The van der Waals surface area contributed by atoms with E-state index in [1.54, 1.807) is 0 Å². The van der Waals surface area contributed by atoms with Gasteiger partial charge in [0.2, 0.25) is 0 Å². The molecule has 3 aromatic heterocycles. The molecule has 5 nitrogen and oxygen atoms in total. The molecule has 10 rings (SSSR count). The van der Waals surface area contributed by atoms with Crippen molar-refractivity contribution >= 4 is 32.8 Å². The van der Waals surface area contributed by atoms with E-state index >= 15 is 0 Å². The number of rotatable bonds is 5. The van der Waals surface area contributed by atoms with Crippen LogP contribution in [0.5, 0.6) is 5.75 Å². The van der Waals surface area contributed by atoms with E-state index in [0.29, 0.717) is 0 Å². The number of aryl methyl sites for hydroxylation is 2. The number of phenols is 1. The average molecular weight is 1190 g/mol. The number of phenolic OH excluding ortho intramolecular Hbond substituents is 1. The maximum Gasteiger partial charge on any atom is 0.115 e. The number of para-hydroxylation sites is 2. The normalized spacial score (nSPS) is 13.2. The van der Waals surface area contributed by atoms with Gasteiger partial charge in [-0.1, -0.05) is 176 Å². The topological polar surface area (TPSA) is 55.9 Å². The summed E-state index contributed by atoms with van der Waals surface area (Å²) in [5, 5.41) is 11.5. The Hall–Kier alpha value is -6.55. The summed E-state index contributed by atoms with van der Waals surface area (Å²) in [6.07, 6.45) is 1.98. The molecule has 0 unspecified atom stereocenters. The molecule has 0 aliphatic heterocycles. The number of benzene rings is 7. The molecular formula is C70H77N4OPt-. The maximum atomic E-state index is 8.93. The van der Waals surface area contributed by atoms with Crippen molar-refractivity contribution in [3.05, 3.63) is 197 Å². The van der Waals surface area contributed by atoms with E-state index in [-0.39, 0.29) is 59.5 Å². The van der Waals surface area contributed by atoms with Crippen LogP contribution >= 0.6 is 0 Å². The Balaban J connectivity index is 0.000000613. The fraction of sp³-hybridized carbons (Fsp3) is 0.314. The van der Waals surface area contributed by atoms with Gasteiger partial charge in [-0.2, -0.15) is 0 Å². The number of fused-ring (bicyclic) bond motifs is 4. The molecule has 76 heavy (non-hydrogen) atoms. The van der Waals surface area contributed by atoms with Crippen molar-refractivity contribution in [1.82, 2.24) is 19.1 Å². The van der Waals surface area contributed by atoms with Crippen LogP contribution in [-0.4, -0.2) is 24.2 Å². The van der Waals surface area contributed by atoms with E-state index in [2.05, 4.69) is 247 Å². The Kier molecular flexibility index (Phi) is 13.9. The van der Waals surface area contributed by atoms with Crippen LogP contribution in [0.3, 0.4) is 0 Å². The van der Waals surface area contributed by atoms with Crippen molar-refractivity contribution in [3.8, 4) is 50.6 Å². The van der Waals surface area contributed by atoms with Crippen LogP contribution in [0.4, 0.5) is 0 Å². The predicted molar refractivity (Wildman–Crippen MR) is 319 cm³/mol. The number of imidazole rings is 1. The molecule has 7 aromatic carbocycles. The second-order valence-electron chi connectivity index (χ2n) is 25.7. The van der Waals surface area contributed by atoms with Crippen molar-refractivity contribution in [1.29, 1.82) is 0 Å². The van der Waals surface area contributed by atoms with Crippen molar-refractivity contribution in [2.45, 2.75) is 145 Å². The number of hydrogen-bond donors (Lipinski definition) is 1. The predicted octanol–water partition coefficient (Wildman–Crippen LogP) is 18.8. The third-order valence-electron chi connectivity index (χ3n) is 14.6. The summed E-state index contributed by atoms with van der Waals surface area (Å²) >= 11 is 0. The largest absolute Gasteiger partial charge is 0.508 e. The van der Waals surface area contributed by atoms with Crippen LogP contribution < -0.4 is 0 Å². The first-order valence-corrected chi connectivity index (χ1v) is 26.4. The Morgan fingerprint density at radius 3 is 1.68 bits per heavy atom. The molecule has 0 spiro atoms. The number of pyridine rings is 1. The molecule has 394 valence electrons. The van der Waals surface area contributed by atoms with Gasteiger partial charge in [0.15, 0.2) is 0 Å². The molecule has 0 aliphatic rings. The van der Waals surface area contributed by atoms with Crippen LogP contribution in [0, 0.1) is 19.8 Å². The van der Waals surface area contributed by atoms with Crippen LogP contribution in [0.15, 0.2) is 152 Å². The van der Waals surface area contributed by atoms with Gasteiger partial charge in [-0.05, 0) is 147 Å². The van der Waals surface area contributed by atoms with Gasteiger partial charge in [-0.25, -0.2) is 4.98 Å². The number of aromatic nitrogens is 4. The van der Waals surface area contributed by atoms with Crippen molar-refractivity contribution in [2.75, 3.05) is 0 Å². The van der Waals surface area contributed by atoms with E-state index in [1.807, 2.05) is 6.20 Å². The molecule has 10 aromatic rings. The fourth-order valence-electron chi connectivity index (χ4n) is 10.0. The minimum atomic E-state index is -2.13. The van der Waals surface area contributed by atoms with E-state index in [9.17, 15) is 0 Å². The molecule has 0 atom stereocenters. The maximum absolute atomic E-state index is 8.93. The molecule has 0 radical (unpaired) electrons. The molecule has 0 amide bonds. The molecule has 0 saturated carbocycles. The molecule has 0 bridgehead atoms. The first-order valence-electron chi connectivity index (χ1n) is 27.9. The van der Waals surface area contributed by atoms with E-state index in [0.717, 1.165) is 56.2 Å². The van der Waals surface area contributed by atoms with Gasteiger partial charge in [0.1, 0.15) is 11.6 Å². The summed E-state index contributed by atoms with van der Waals surface area (Å²) in [7, 11) is 0. The minimum absolute atomic E-state index is 0. The Labute approximate surface area is 472 Å². The molecule has 3 heterocycles. The Bertz CT molecular complexity index is 3850. The summed E-state index contributed by atoms with van der Waals surface area (Å²) in [6, 6.07) is 55.1. The molecular weight excluding hydrogens is 1110 g/mol. The van der Waals surface area contributed by atoms with Crippen LogP contribution in [-0.2, 0) is 48.1 Å². The van der Waals surface area contributed by atoms with Gasteiger partial charge < -0.3 is 9.67 Å². The van der Waals surface area contributed by atoms with Crippen LogP contribution in [0.1, 0.15) is 147 Å². The first-order chi connectivity index (χ1) is 36.3. The molecule has 0 fully saturated rings. The summed E-state index contributed by atoms with van der Waals surface area (Å²) < 4.78 is 25.8. The minimum Gasteiger partial charge on any atom is -0.508 e. The standard InChI is InChI=1S/C63H69N4.C7H8O.Pt/c1-39-65-57-50(23-20-24-56(57)66(39)49-34-45(61(8,9)10)33-46(35-49)62(11,12)13)41-29-42(31-44(30-41)60(5,6)7)54-32-40(27-28-64-54)51-37-47(63(14,15)16)38-53-52-36-43(59(2,3)4)25-26-55(52)67(58(51)53)48-21-18-17-19-22-48;1-6-3-2-4-7(8)5-6;/h17-28,30-38H,1-16H3;2-5,8H,1H3;/q-1;;/i;1D3;. The number of hydrogen-bond acceptors (Lipinski definition) is 3. The van der Waals surface area contributed by atoms with E-state index in [4.69, 9.17) is 19.2 Å². The van der Waals surface area contributed by atoms with Crippen molar-refractivity contribution in [3.63, 3.8) is 0 Å². The first kappa shape index (κ1) is 51.5. The average Bonchev–Trinajstić information content (AvgIpc) is 4.06. The third kappa shape index (κ3) is 11.3. The van der Waals surface area contributed by atoms with Crippen molar-refractivity contribution in [2.24, 2.45) is 0 Å². The zero-order valence-electron chi connectivity index (χ0n) is 50.5. The van der Waals surface area contributed by atoms with Gasteiger partial charge in [-0.15, -0.1) is 29.3 Å². The monoisotopic (exact) mass is 1190 g/mol. The van der Waals surface area contributed by atoms with Gasteiger partial charge in [0.05, 0.1) is 22.1 Å². The van der Waals surface area contributed by atoms with E-state index in [1.165, 1.54) is 79.5 Å². The second kappa shape index (κ2) is 20.4. The van der Waals surface area contributed by atoms with Gasteiger partial charge in [0, 0.05) is 64.8 Å². The number of nitrogens with zero attached hydrogens (tertiary/aromatic N) is 4. The number of aromatic hydroxyl groups is 1. The summed E-state index contributed by atoms with van der Waals surface area (Å²) in [4.78, 5) is 10.5. The van der Waals surface area contributed by atoms with Gasteiger partial charge >= 0.3 is 0 Å². The van der Waals surface area contributed by atoms with Crippen LogP contribution in [0.2, 0.25) is 0 Å². The van der Waals surface area contributed by atoms with Crippen LogP contribution in [0.25, 0.3) is 77.7 Å². The Morgan fingerprint density at radius 2 is 1.08 bits per heavy atom. The SMILES string of the molecule is Cc1nc2c(-c3[c-]c(-c4cc(-c5cc(C(C)(C)C)cc6c7cc(C(C)(C)C)ccc7n(-c7ccccc7)c56)ccn4)cc(C(C)(C)C)c3)cccc2n1-c1cc(C(C)(C)C)cc(C(C)(C)C)c1.[2H]C([2H])([2H])c1cccc(O)c1.[Pt].